The zero-order valence-corrected chi connectivity index (χ0v) is 26.6. The Morgan fingerprint density at radius 1 is 0.978 bits per heavy atom. The molecule has 1 aliphatic rings. The van der Waals surface area contributed by atoms with Gasteiger partial charge in [-0.25, -0.2) is 9.67 Å². The van der Waals surface area contributed by atoms with E-state index in [1.165, 1.54) is 0 Å². The summed E-state index contributed by atoms with van der Waals surface area (Å²) < 4.78 is 4.08. The first kappa shape index (κ1) is 29.3. The molecule has 228 valence electrons. The monoisotopic (exact) mass is 637 g/mol. The molecule has 1 atom stereocenters. The van der Waals surface area contributed by atoms with Crippen molar-refractivity contribution in [1.29, 1.82) is 0 Å². The molecule has 0 spiro atoms. The average Bonchev–Trinajstić information content (AvgIpc) is 3.78. The highest BCUT2D eigenvalue weighted by molar-refractivity contribution is 6.31. The molecule has 0 aliphatic carbocycles. The zero-order valence-electron chi connectivity index (χ0n) is 25.0. The van der Waals surface area contributed by atoms with Crippen LogP contribution in [0.3, 0.4) is 0 Å². The molecule has 1 fully saturated rings. The molecule has 3 aromatic carbocycles. The van der Waals surface area contributed by atoms with Crippen LogP contribution in [0.5, 0.6) is 0 Å². The van der Waals surface area contributed by atoms with Crippen LogP contribution in [0.2, 0.25) is 10.0 Å². The second-order valence-electron chi connectivity index (χ2n) is 11.7. The number of H-pyrrole nitrogens is 1. The quantitative estimate of drug-likeness (QED) is 0.184. The van der Waals surface area contributed by atoms with E-state index in [0.717, 1.165) is 64.9 Å². The van der Waals surface area contributed by atoms with Crippen molar-refractivity contribution < 1.29 is 4.79 Å². The predicted octanol–water partition coefficient (Wildman–Crippen LogP) is 8.33. The largest absolute Gasteiger partial charge is 0.350 e. The number of rotatable bonds is 7. The maximum atomic E-state index is 14.3. The first-order valence-electron chi connectivity index (χ1n) is 15.1. The topological polar surface area (TPSA) is 83.8 Å². The summed E-state index contributed by atoms with van der Waals surface area (Å²) in [6.07, 6.45) is 5.54. The van der Waals surface area contributed by atoms with Crippen molar-refractivity contribution in [2.75, 3.05) is 25.5 Å². The molecule has 0 saturated carbocycles. The normalized spacial score (nSPS) is 15.0. The van der Waals surface area contributed by atoms with Crippen molar-refractivity contribution in [1.82, 2.24) is 29.2 Å². The number of fused-ring (bicyclic) bond motifs is 1. The third kappa shape index (κ3) is 5.65. The molecule has 2 N–H and O–H groups in total. The van der Waals surface area contributed by atoms with Crippen LogP contribution < -0.4 is 5.32 Å². The highest BCUT2D eigenvalue weighted by atomic mass is 35.5. The van der Waals surface area contributed by atoms with Gasteiger partial charge in [0.1, 0.15) is 11.5 Å². The number of nitrogens with one attached hydrogen (secondary N) is 2. The summed E-state index contributed by atoms with van der Waals surface area (Å²) in [6, 6.07) is 25.5. The highest BCUT2D eigenvalue weighted by Crippen LogP contribution is 2.41. The maximum Gasteiger partial charge on any atom is 0.273 e. The molecule has 4 heterocycles. The number of likely N-dealkylation sites (tertiary alicyclic amines) is 1. The van der Waals surface area contributed by atoms with Crippen molar-refractivity contribution in [3.05, 3.63) is 113 Å². The molecular weight excluding hydrogens is 605 g/mol. The van der Waals surface area contributed by atoms with Crippen LogP contribution in [0.1, 0.15) is 47.9 Å². The van der Waals surface area contributed by atoms with E-state index in [1.807, 2.05) is 89.9 Å². The van der Waals surface area contributed by atoms with Gasteiger partial charge in [-0.05, 0) is 69.7 Å². The van der Waals surface area contributed by atoms with Crippen molar-refractivity contribution in [2.45, 2.75) is 31.8 Å². The molecule has 10 heteroatoms. The fourth-order valence-electron chi connectivity index (χ4n) is 6.32. The molecule has 1 aliphatic heterocycles. The van der Waals surface area contributed by atoms with E-state index >= 15 is 0 Å². The van der Waals surface area contributed by atoms with Gasteiger partial charge < -0.3 is 19.8 Å². The Morgan fingerprint density at radius 2 is 1.71 bits per heavy atom. The molecule has 0 unspecified atom stereocenters. The standard InChI is InChI=1S/C35H33Cl2N7O/c1-22(23-8-10-25(36)11-9-23)43-21-38-32(24-6-4-3-5-7-24)34(43)31-28-13-12-26(37)20-29(28)40-33(31)35(45)41-30-14-17-39-44(30)27-15-18-42(2)19-16-27/h3-14,17,20-22,27,40H,15-16,18-19H2,1-2H3,(H,41,45)/t22-/m1/s1. The summed E-state index contributed by atoms with van der Waals surface area (Å²) in [5.41, 5.74) is 5.55. The Hall–Kier alpha value is -4.37. The summed E-state index contributed by atoms with van der Waals surface area (Å²) >= 11 is 12.7. The minimum atomic E-state index is -0.266. The van der Waals surface area contributed by atoms with E-state index in [-0.39, 0.29) is 18.0 Å². The van der Waals surface area contributed by atoms with Crippen molar-refractivity contribution in [2.24, 2.45) is 0 Å². The van der Waals surface area contributed by atoms with Gasteiger partial charge in [0.2, 0.25) is 0 Å². The second kappa shape index (κ2) is 12.2. The lowest BCUT2D eigenvalue weighted by atomic mass is 9.99. The number of carbonyl (C=O) groups is 1. The number of imidazole rings is 1. The van der Waals surface area contributed by atoms with Crippen LogP contribution in [-0.2, 0) is 0 Å². The molecule has 1 amide bonds. The van der Waals surface area contributed by atoms with Crippen LogP contribution in [0.4, 0.5) is 5.82 Å². The van der Waals surface area contributed by atoms with Crippen LogP contribution in [-0.4, -0.2) is 55.3 Å². The highest BCUT2D eigenvalue weighted by Gasteiger charge is 2.29. The van der Waals surface area contributed by atoms with E-state index in [0.29, 0.717) is 21.6 Å². The number of halogens is 2. The van der Waals surface area contributed by atoms with Crippen LogP contribution in [0.25, 0.3) is 33.4 Å². The fraction of sp³-hybridized carbons (Fsp3) is 0.229. The summed E-state index contributed by atoms with van der Waals surface area (Å²) in [5.74, 6) is 0.404. The lowest BCUT2D eigenvalue weighted by Crippen LogP contribution is -2.32. The molecule has 0 bridgehead atoms. The van der Waals surface area contributed by atoms with Gasteiger partial charge in [0, 0.05) is 38.1 Å². The van der Waals surface area contributed by atoms with E-state index in [1.54, 1.807) is 6.20 Å². The first-order chi connectivity index (χ1) is 21.9. The third-order valence-corrected chi connectivity index (χ3v) is 9.27. The van der Waals surface area contributed by atoms with Gasteiger partial charge in [0.15, 0.2) is 0 Å². The van der Waals surface area contributed by atoms with Gasteiger partial charge in [-0.1, -0.05) is 71.7 Å². The maximum absolute atomic E-state index is 14.3. The molecule has 45 heavy (non-hydrogen) atoms. The van der Waals surface area contributed by atoms with Crippen molar-refractivity contribution in [3.63, 3.8) is 0 Å². The lowest BCUT2D eigenvalue weighted by molar-refractivity contribution is 0.102. The van der Waals surface area contributed by atoms with E-state index in [4.69, 9.17) is 28.2 Å². The molecule has 0 radical (unpaired) electrons. The number of carbonyl (C=O) groups excluding carboxylic acids is 1. The summed E-state index contributed by atoms with van der Waals surface area (Å²) in [5, 5.41) is 9.90. The van der Waals surface area contributed by atoms with Crippen LogP contribution in [0, 0.1) is 0 Å². The minimum Gasteiger partial charge on any atom is -0.350 e. The smallest absolute Gasteiger partial charge is 0.273 e. The number of hydrogen-bond donors (Lipinski definition) is 2. The number of aromatic nitrogens is 5. The van der Waals surface area contributed by atoms with Gasteiger partial charge in [-0.15, -0.1) is 0 Å². The molecule has 7 rings (SSSR count). The number of nitrogens with zero attached hydrogens (tertiary/aromatic N) is 5. The summed E-state index contributed by atoms with van der Waals surface area (Å²) in [7, 11) is 2.13. The van der Waals surface area contributed by atoms with Gasteiger partial charge in [-0.2, -0.15) is 5.10 Å². The Balaban J connectivity index is 1.38. The Bertz CT molecular complexity index is 1970. The van der Waals surface area contributed by atoms with Crippen LogP contribution in [0.15, 0.2) is 91.4 Å². The molecule has 3 aromatic heterocycles. The zero-order chi connectivity index (χ0) is 31.1. The number of hydrogen-bond acceptors (Lipinski definition) is 4. The fourth-order valence-corrected chi connectivity index (χ4v) is 6.62. The molecular formula is C35H33Cl2N7O. The van der Waals surface area contributed by atoms with Gasteiger partial charge in [0.05, 0.1) is 36.0 Å². The Labute approximate surface area is 271 Å². The average molecular weight is 639 g/mol. The number of anilines is 1. The third-order valence-electron chi connectivity index (χ3n) is 8.78. The molecule has 6 aromatic rings. The summed E-state index contributed by atoms with van der Waals surface area (Å²) in [6.45, 7) is 4.10. The van der Waals surface area contributed by atoms with E-state index in [2.05, 4.69) is 38.8 Å². The van der Waals surface area contributed by atoms with E-state index < -0.39 is 0 Å². The SMILES string of the molecule is C[C@H](c1ccc(Cl)cc1)n1cnc(-c2ccccc2)c1-c1c(C(=O)Nc2ccnn2C2CCN(C)CC2)[nH]c2cc(Cl)ccc12. The molecule has 1 saturated heterocycles. The number of aromatic amines is 1. The lowest BCUT2D eigenvalue weighted by Gasteiger charge is -2.30. The van der Waals surface area contributed by atoms with Gasteiger partial charge >= 0.3 is 0 Å². The van der Waals surface area contributed by atoms with Crippen molar-refractivity contribution in [3.8, 4) is 22.5 Å². The first-order valence-corrected chi connectivity index (χ1v) is 15.9. The minimum absolute atomic E-state index is 0.110. The number of amides is 1. The number of piperidine rings is 1. The number of benzene rings is 3. The van der Waals surface area contributed by atoms with Gasteiger partial charge in [0.25, 0.3) is 5.91 Å². The Morgan fingerprint density at radius 3 is 2.47 bits per heavy atom. The Kier molecular flexibility index (Phi) is 7.95. The van der Waals surface area contributed by atoms with E-state index in [9.17, 15) is 4.79 Å². The molecule has 8 nitrogen and oxygen atoms in total. The second-order valence-corrected chi connectivity index (χ2v) is 12.5. The van der Waals surface area contributed by atoms with Crippen LogP contribution >= 0.6 is 23.2 Å². The predicted molar refractivity (Wildman–Crippen MR) is 181 cm³/mol. The van der Waals surface area contributed by atoms with Crippen molar-refractivity contribution >= 4 is 45.8 Å². The summed E-state index contributed by atoms with van der Waals surface area (Å²) in [4.78, 5) is 25.0. The van der Waals surface area contributed by atoms with Gasteiger partial charge in [-0.3, -0.25) is 4.79 Å².